The average molecular weight is 369 g/mol. The van der Waals surface area contributed by atoms with Gasteiger partial charge in [-0.15, -0.1) is 0 Å². The summed E-state index contributed by atoms with van der Waals surface area (Å²) in [7, 11) is 1.72. The highest BCUT2D eigenvalue weighted by Gasteiger charge is 2.29. The van der Waals surface area contributed by atoms with Gasteiger partial charge in [0.1, 0.15) is 5.76 Å². The summed E-state index contributed by atoms with van der Waals surface area (Å²) in [6.45, 7) is 3.85. The number of amides is 2. The Balaban J connectivity index is 1.89. The van der Waals surface area contributed by atoms with Crippen LogP contribution in [-0.2, 0) is 11.2 Å². The van der Waals surface area contributed by atoms with Crippen LogP contribution in [0.4, 0.5) is 10.5 Å². The number of hydrazone groups is 1. The van der Waals surface area contributed by atoms with Crippen molar-refractivity contribution >= 4 is 23.4 Å². The first kappa shape index (κ1) is 18.7. The largest absolute Gasteiger partial charge is 0.455 e. The van der Waals surface area contributed by atoms with E-state index in [9.17, 15) is 9.59 Å². The number of nitrogens with one attached hydrogen (secondary N) is 1. The van der Waals surface area contributed by atoms with Crippen molar-refractivity contribution in [1.29, 1.82) is 0 Å². The second-order valence-corrected chi connectivity index (χ2v) is 6.30. The smallest absolute Gasteiger partial charge is 0.427 e. The Morgan fingerprint density at radius 2 is 2.00 bits per heavy atom. The van der Waals surface area contributed by atoms with E-state index in [1.165, 1.54) is 0 Å². The van der Waals surface area contributed by atoms with E-state index < -0.39 is 6.09 Å². The Kier molecular flexibility index (Phi) is 5.59. The van der Waals surface area contributed by atoms with Crippen LogP contribution in [-0.4, -0.2) is 31.4 Å². The van der Waals surface area contributed by atoms with Gasteiger partial charge < -0.3 is 14.1 Å². The van der Waals surface area contributed by atoms with Gasteiger partial charge in [0.05, 0.1) is 12.3 Å². The molecule has 2 aromatic rings. The second kappa shape index (κ2) is 8.07. The van der Waals surface area contributed by atoms with Gasteiger partial charge in [-0.05, 0) is 38.8 Å². The summed E-state index contributed by atoms with van der Waals surface area (Å²) in [4.78, 5) is 26.0. The van der Waals surface area contributed by atoms with E-state index in [0.29, 0.717) is 17.9 Å². The lowest BCUT2D eigenvalue weighted by Gasteiger charge is -2.16. The summed E-state index contributed by atoms with van der Waals surface area (Å²) in [5, 5.41) is 4.19. The fourth-order valence-electron chi connectivity index (χ4n) is 3.18. The molecule has 7 nitrogen and oxygen atoms in total. The van der Waals surface area contributed by atoms with Gasteiger partial charge >= 0.3 is 6.09 Å². The van der Waals surface area contributed by atoms with Gasteiger partial charge in [0.25, 0.3) is 5.91 Å². The minimum Gasteiger partial charge on any atom is -0.455 e. The number of hydrogen-bond donors (Lipinski definition) is 1. The predicted molar refractivity (Wildman–Crippen MR) is 102 cm³/mol. The fourth-order valence-corrected chi connectivity index (χ4v) is 3.18. The van der Waals surface area contributed by atoms with E-state index in [1.54, 1.807) is 18.9 Å². The van der Waals surface area contributed by atoms with Gasteiger partial charge in [-0.2, -0.15) is 5.10 Å². The monoisotopic (exact) mass is 369 g/mol. The van der Waals surface area contributed by atoms with Gasteiger partial charge in [-0.1, -0.05) is 18.2 Å². The van der Waals surface area contributed by atoms with Crippen LogP contribution in [0.15, 0.2) is 39.9 Å². The number of carbonyl (C=O) groups excluding carboxylic acids is 2. The molecule has 0 bridgehead atoms. The van der Waals surface area contributed by atoms with Gasteiger partial charge in [0.2, 0.25) is 0 Å². The van der Waals surface area contributed by atoms with Crippen LogP contribution in [0.5, 0.6) is 0 Å². The van der Waals surface area contributed by atoms with E-state index in [2.05, 4.69) is 10.5 Å². The van der Waals surface area contributed by atoms with Crippen molar-refractivity contribution in [2.45, 2.75) is 33.1 Å². The number of rotatable bonds is 4. The molecule has 0 fully saturated rings. The number of nitrogens with zero attached hydrogens (tertiary/aromatic N) is 2. The first-order chi connectivity index (χ1) is 13.0. The van der Waals surface area contributed by atoms with Crippen molar-refractivity contribution in [1.82, 2.24) is 5.43 Å². The number of furan rings is 1. The number of fused-ring (bicyclic) bond motifs is 1. The maximum absolute atomic E-state index is 12.9. The Morgan fingerprint density at radius 1 is 1.26 bits per heavy atom. The highest BCUT2D eigenvalue weighted by Crippen LogP contribution is 2.31. The minimum absolute atomic E-state index is 0.217. The third-order valence-corrected chi connectivity index (χ3v) is 4.53. The summed E-state index contributed by atoms with van der Waals surface area (Å²) < 4.78 is 10.7. The Labute approximate surface area is 158 Å². The lowest BCUT2D eigenvalue weighted by atomic mass is 9.93. The zero-order chi connectivity index (χ0) is 19.4. The molecule has 0 saturated heterocycles. The van der Waals surface area contributed by atoms with Crippen LogP contribution in [0.3, 0.4) is 0 Å². The second-order valence-electron chi connectivity index (χ2n) is 6.30. The molecule has 0 atom stereocenters. The average Bonchev–Trinajstić information content (AvgIpc) is 3.03. The number of ether oxygens (including phenoxy) is 1. The lowest BCUT2D eigenvalue weighted by Crippen LogP contribution is -2.26. The molecule has 2 amide bonds. The molecular formula is C20H23N3O4. The van der Waals surface area contributed by atoms with Crippen LogP contribution in [0.25, 0.3) is 0 Å². The van der Waals surface area contributed by atoms with E-state index in [-0.39, 0.29) is 12.5 Å². The van der Waals surface area contributed by atoms with Crippen molar-refractivity contribution in [2.75, 3.05) is 18.6 Å². The predicted octanol–water partition coefficient (Wildman–Crippen LogP) is 3.65. The number of aryl methyl sites for hydroxylation is 1. The van der Waals surface area contributed by atoms with Crippen LogP contribution < -0.4 is 10.3 Å². The maximum atomic E-state index is 12.9. The third kappa shape index (κ3) is 3.86. The summed E-state index contributed by atoms with van der Waals surface area (Å²) in [6, 6.07) is 9.40. The van der Waals surface area contributed by atoms with E-state index in [0.717, 1.165) is 35.4 Å². The molecule has 1 aromatic heterocycles. The molecule has 1 aliphatic rings. The molecule has 0 aliphatic heterocycles. The number of benzene rings is 1. The molecule has 1 heterocycles. The van der Waals surface area contributed by atoms with Crippen molar-refractivity contribution in [2.24, 2.45) is 5.10 Å². The fraction of sp³-hybridized carbons (Fsp3) is 0.350. The molecule has 0 saturated carbocycles. The lowest BCUT2D eigenvalue weighted by molar-refractivity contribution is 0.0963. The molecule has 1 aromatic carbocycles. The van der Waals surface area contributed by atoms with Gasteiger partial charge in [0, 0.05) is 30.3 Å². The molecule has 1 aliphatic carbocycles. The molecule has 0 radical (unpaired) electrons. The number of para-hydroxylation sites is 1. The third-order valence-electron chi connectivity index (χ3n) is 4.53. The van der Waals surface area contributed by atoms with Gasteiger partial charge in [-0.25, -0.2) is 10.2 Å². The van der Waals surface area contributed by atoms with Crippen molar-refractivity contribution in [3.05, 3.63) is 53.0 Å². The molecule has 0 spiro atoms. The standard InChI is InChI=1S/C20H23N3O4/c1-4-26-20(25)22-21-15-11-8-12-16-17(15)13(2)18(27-16)19(24)23(3)14-9-6-5-7-10-14/h5-7,9-10H,4,8,11-12H2,1-3H3,(H,22,25)/b21-15+. The maximum Gasteiger partial charge on any atom is 0.427 e. The van der Waals surface area contributed by atoms with Crippen LogP contribution in [0.2, 0.25) is 0 Å². The Hall–Kier alpha value is -3.09. The molecular weight excluding hydrogens is 346 g/mol. The minimum atomic E-state index is -0.599. The van der Waals surface area contributed by atoms with Crippen molar-refractivity contribution in [3.8, 4) is 0 Å². The summed E-state index contributed by atoms with van der Waals surface area (Å²) in [5.41, 5.74) is 5.43. The van der Waals surface area contributed by atoms with Crippen molar-refractivity contribution in [3.63, 3.8) is 0 Å². The first-order valence-electron chi connectivity index (χ1n) is 8.98. The summed E-state index contributed by atoms with van der Waals surface area (Å²) >= 11 is 0. The van der Waals surface area contributed by atoms with Crippen LogP contribution in [0, 0.1) is 6.92 Å². The molecule has 7 heteroatoms. The van der Waals surface area contributed by atoms with E-state index in [1.807, 2.05) is 37.3 Å². The summed E-state index contributed by atoms with van der Waals surface area (Å²) in [6.07, 6.45) is 1.67. The normalized spacial score (nSPS) is 14.6. The summed E-state index contributed by atoms with van der Waals surface area (Å²) in [5.74, 6) is 0.816. The molecule has 27 heavy (non-hydrogen) atoms. The van der Waals surface area contributed by atoms with Crippen molar-refractivity contribution < 1.29 is 18.7 Å². The zero-order valence-electron chi connectivity index (χ0n) is 15.7. The molecule has 142 valence electrons. The highest BCUT2D eigenvalue weighted by molar-refractivity contribution is 6.10. The number of hydrogen-bond acceptors (Lipinski definition) is 5. The topological polar surface area (TPSA) is 84.1 Å². The van der Waals surface area contributed by atoms with Gasteiger partial charge in [0.15, 0.2) is 5.76 Å². The highest BCUT2D eigenvalue weighted by atomic mass is 16.5. The number of carbonyl (C=O) groups is 2. The first-order valence-corrected chi connectivity index (χ1v) is 8.98. The number of anilines is 1. The zero-order valence-corrected chi connectivity index (χ0v) is 15.7. The Bertz CT molecular complexity index is 871. The van der Waals surface area contributed by atoms with Crippen LogP contribution >= 0.6 is 0 Å². The molecule has 1 N–H and O–H groups in total. The van der Waals surface area contributed by atoms with Gasteiger partial charge in [-0.3, -0.25) is 4.79 Å². The van der Waals surface area contributed by atoms with E-state index >= 15 is 0 Å². The van der Waals surface area contributed by atoms with E-state index in [4.69, 9.17) is 9.15 Å². The molecule has 0 unspecified atom stereocenters. The van der Waals surface area contributed by atoms with Crippen LogP contribution in [0.1, 0.15) is 47.2 Å². The quantitative estimate of drug-likeness (QED) is 0.834. The SMILES string of the molecule is CCOC(=O)N/N=C1\CCCc2oc(C(=O)N(C)c3ccccc3)c(C)c21. The Morgan fingerprint density at radius 3 is 2.70 bits per heavy atom. The molecule has 3 rings (SSSR count).